The van der Waals surface area contributed by atoms with Crippen molar-refractivity contribution in [1.82, 2.24) is 5.32 Å². The first-order valence-corrected chi connectivity index (χ1v) is 6.22. The van der Waals surface area contributed by atoms with E-state index < -0.39 is 0 Å². The molecule has 1 N–H and O–H groups in total. The maximum Gasteiger partial charge on any atom is 0.123 e. The normalized spacial score (nSPS) is 17.6. The fraction of sp³-hybridized carbons (Fsp3) is 0.571. The Balaban J connectivity index is 2.28. The summed E-state index contributed by atoms with van der Waals surface area (Å²) in [6.45, 7) is 6.16. The highest BCUT2D eigenvalue weighted by Gasteiger charge is 2.42. The number of ether oxygens (including phenoxy) is 2. The van der Waals surface area contributed by atoms with Crippen molar-refractivity contribution in [3.05, 3.63) is 29.6 Å². The number of nitrogens with one attached hydrogen (secondary N) is 1. The van der Waals surface area contributed by atoms with Gasteiger partial charge in [0, 0.05) is 18.2 Å². The highest BCUT2D eigenvalue weighted by atomic mass is 19.1. The summed E-state index contributed by atoms with van der Waals surface area (Å²) in [7, 11) is 1.61. The first-order chi connectivity index (χ1) is 8.57. The van der Waals surface area contributed by atoms with Crippen molar-refractivity contribution < 1.29 is 13.9 Å². The van der Waals surface area contributed by atoms with Crippen LogP contribution < -0.4 is 10.1 Å². The molecule has 0 unspecified atom stereocenters. The second-order valence-electron chi connectivity index (χ2n) is 5.15. The first-order valence-electron chi connectivity index (χ1n) is 6.22. The van der Waals surface area contributed by atoms with Gasteiger partial charge in [-0.2, -0.15) is 0 Å². The van der Waals surface area contributed by atoms with E-state index in [0.29, 0.717) is 19.3 Å². The van der Waals surface area contributed by atoms with Crippen LogP contribution in [0, 0.1) is 5.82 Å². The minimum absolute atomic E-state index is 0.169. The van der Waals surface area contributed by atoms with E-state index in [1.807, 2.05) is 0 Å². The van der Waals surface area contributed by atoms with E-state index in [-0.39, 0.29) is 11.2 Å². The molecule has 1 aliphatic heterocycles. The summed E-state index contributed by atoms with van der Waals surface area (Å²) in [5, 5.41) is 3.40. The van der Waals surface area contributed by atoms with Crippen LogP contribution in [-0.4, -0.2) is 32.9 Å². The van der Waals surface area contributed by atoms with E-state index in [0.717, 1.165) is 17.9 Å². The summed E-state index contributed by atoms with van der Waals surface area (Å²) in [5.74, 6) is 0.492. The highest BCUT2D eigenvalue weighted by Crippen LogP contribution is 2.38. The van der Waals surface area contributed by atoms with Crippen LogP contribution in [0.2, 0.25) is 0 Å². The molecule has 100 valence electrons. The van der Waals surface area contributed by atoms with Gasteiger partial charge in [-0.25, -0.2) is 4.39 Å². The molecule has 0 aliphatic carbocycles. The third-order valence-corrected chi connectivity index (χ3v) is 3.34. The molecule has 0 saturated carbocycles. The molecule has 0 spiro atoms. The highest BCUT2D eigenvalue weighted by molar-refractivity contribution is 5.42. The molecule has 0 radical (unpaired) electrons. The standard InChI is InChI=1S/C14H20FNO2/c1-10(2)16-7-14(8-18-9-14)12-6-11(15)4-5-13(12)17-3/h4-6,10,16H,7-9H2,1-3H3. The molecule has 4 heteroatoms. The van der Waals surface area contributed by atoms with Gasteiger partial charge < -0.3 is 14.8 Å². The monoisotopic (exact) mass is 253 g/mol. The summed E-state index contributed by atoms with van der Waals surface area (Å²) in [5.41, 5.74) is 0.724. The van der Waals surface area contributed by atoms with Crippen molar-refractivity contribution in [3.8, 4) is 5.75 Å². The summed E-state index contributed by atoms with van der Waals surface area (Å²) in [6, 6.07) is 5.05. The predicted octanol–water partition coefficient (Wildman–Crippen LogP) is 2.10. The zero-order valence-electron chi connectivity index (χ0n) is 11.1. The molecule has 0 bridgehead atoms. The second-order valence-corrected chi connectivity index (χ2v) is 5.15. The SMILES string of the molecule is COc1ccc(F)cc1C1(CNC(C)C)COC1. The van der Waals surface area contributed by atoms with Gasteiger partial charge in [0.2, 0.25) is 0 Å². The molecule has 1 aromatic carbocycles. The lowest BCUT2D eigenvalue weighted by Crippen LogP contribution is -2.54. The van der Waals surface area contributed by atoms with Crippen molar-refractivity contribution in [1.29, 1.82) is 0 Å². The number of methoxy groups -OCH3 is 1. The molecule has 1 saturated heterocycles. The third kappa shape index (κ3) is 2.49. The van der Waals surface area contributed by atoms with E-state index in [2.05, 4.69) is 19.2 Å². The maximum atomic E-state index is 13.5. The van der Waals surface area contributed by atoms with Crippen LogP contribution in [0.15, 0.2) is 18.2 Å². The molecule has 1 fully saturated rings. The van der Waals surface area contributed by atoms with Crippen LogP contribution >= 0.6 is 0 Å². The van der Waals surface area contributed by atoms with E-state index >= 15 is 0 Å². The minimum Gasteiger partial charge on any atom is -0.496 e. The predicted molar refractivity (Wildman–Crippen MR) is 68.6 cm³/mol. The van der Waals surface area contributed by atoms with Crippen LogP contribution in [0.25, 0.3) is 0 Å². The van der Waals surface area contributed by atoms with Crippen LogP contribution in [-0.2, 0) is 10.2 Å². The summed E-state index contributed by atoms with van der Waals surface area (Å²) >= 11 is 0. The topological polar surface area (TPSA) is 30.5 Å². The van der Waals surface area contributed by atoms with Gasteiger partial charge in [0.05, 0.1) is 25.7 Å². The van der Waals surface area contributed by atoms with Gasteiger partial charge in [-0.05, 0) is 18.2 Å². The van der Waals surface area contributed by atoms with Crippen molar-refractivity contribution in [3.63, 3.8) is 0 Å². The molecule has 0 amide bonds. The Morgan fingerprint density at radius 1 is 1.44 bits per heavy atom. The molecule has 0 aromatic heterocycles. The second kappa shape index (κ2) is 5.24. The lowest BCUT2D eigenvalue weighted by atomic mass is 9.77. The first kappa shape index (κ1) is 13.3. The molecule has 1 aromatic rings. The minimum atomic E-state index is -0.235. The fourth-order valence-electron chi connectivity index (χ4n) is 2.20. The molecule has 18 heavy (non-hydrogen) atoms. The quantitative estimate of drug-likeness (QED) is 0.871. The van der Waals surface area contributed by atoms with E-state index in [4.69, 9.17) is 9.47 Å². The number of halogens is 1. The van der Waals surface area contributed by atoms with Gasteiger partial charge in [0.25, 0.3) is 0 Å². The molecule has 0 atom stereocenters. The third-order valence-electron chi connectivity index (χ3n) is 3.34. The summed E-state index contributed by atoms with van der Waals surface area (Å²) < 4.78 is 24.1. The largest absolute Gasteiger partial charge is 0.496 e. The van der Waals surface area contributed by atoms with Gasteiger partial charge in [-0.1, -0.05) is 13.8 Å². The number of hydrogen-bond donors (Lipinski definition) is 1. The molecular weight excluding hydrogens is 233 g/mol. The zero-order valence-corrected chi connectivity index (χ0v) is 11.1. The number of rotatable bonds is 5. The van der Waals surface area contributed by atoms with Crippen LogP contribution in [0.3, 0.4) is 0 Å². The van der Waals surface area contributed by atoms with Crippen molar-refractivity contribution in [2.24, 2.45) is 0 Å². The lowest BCUT2D eigenvalue weighted by Gasteiger charge is -2.43. The number of hydrogen-bond acceptors (Lipinski definition) is 3. The lowest BCUT2D eigenvalue weighted by molar-refractivity contribution is -0.0607. The molecule has 1 heterocycles. The Morgan fingerprint density at radius 3 is 2.67 bits per heavy atom. The van der Waals surface area contributed by atoms with Gasteiger partial charge in [0.15, 0.2) is 0 Å². The van der Waals surface area contributed by atoms with Crippen LogP contribution in [0.1, 0.15) is 19.4 Å². The summed E-state index contributed by atoms with van der Waals surface area (Å²) in [6.07, 6.45) is 0. The average Bonchev–Trinajstić information content (AvgIpc) is 2.27. The zero-order chi connectivity index (χ0) is 13.2. The van der Waals surface area contributed by atoms with Gasteiger partial charge in [-0.15, -0.1) is 0 Å². The van der Waals surface area contributed by atoms with Gasteiger partial charge >= 0.3 is 0 Å². The average molecular weight is 253 g/mol. The van der Waals surface area contributed by atoms with Crippen LogP contribution in [0.5, 0.6) is 5.75 Å². The van der Waals surface area contributed by atoms with Gasteiger partial charge in [0.1, 0.15) is 11.6 Å². The van der Waals surface area contributed by atoms with E-state index in [9.17, 15) is 4.39 Å². The Hall–Kier alpha value is -1.13. The molecule has 1 aliphatic rings. The fourth-order valence-corrected chi connectivity index (χ4v) is 2.20. The van der Waals surface area contributed by atoms with Crippen molar-refractivity contribution in [2.45, 2.75) is 25.3 Å². The summed E-state index contributed by atoms with van der Waals surface area (Å²) in [4.78, 5) is 0. The molecule has 3 nitrogen and oxygen atoms in total. The van der Waals surface area contributed by atoms with E-state index in [1.165, 1.54) is 6.07 Å². The van der Waals surface area contributed by atoms with E-state index in [1.54, 1.807) is 19.2 Å². The Morgan fingerprint density at radius 2 is 2.17 bits per heavy atom. The van der Waals surface area contributed by atoms with Crippen molar-refractivity contribution >= 4 is 0 Å². The van der Waals surface area contributed by atoms with Gasteiger partial charge in [-0.3, -0.25) is 0 Å². The van der Waals surface area contributed by atoms with Crippen molar-refractivity contribution in [2.75, 3.05) is 26.9 Å². The van der Waals surface area contributed by atoms with Crippen LogP contribution in [0.4, 0.5) is 4.39 Å². The maximum absolute atomic E-state index is 13.5. The molecular formula is C14H20FNO2. The Bertz CT molecular complexity index is 416. The Kier molecular flexibility index (Phi) is 3.88. The smallest absolute Gasteiger partial charge is 0.123 e. The Labute approximate surface area is 107 Å². The molecule has 2 rings (SSSR count). The number of benzene rings is 1.